The standard InChI is InChI=1S/C22H8Br2N4O2S3/c1-5-6(2)10-12-11-9(5)17-25-19-13(7(23)3-31-19)27(17)21(29)15(11)33-16(12)22(30)28-14-8(24)4-32-20(14)26-18(10)28/h3-4H,1-2H3. The lowest BCUT2D eigenvalue weighted by molar-refractivity contribution is 1.18. The van der Waals surface area contributed by atoms with Crippen molar-refractivity contribution in [1.82, 2.24) is 18.8 Å². The molecule has 7 aromatic heterocycles. The molecule has 0 spiro atoms. The van der Waals surface area contributed by atoms with Gasteiger partial charge in [0.2, 0.25) is 0 Å². The van der Waals surface area contributed by atoms with Gasteiger partial charge in [0.05, 0.1) is 8.95 Å². The van der Waals surface area contributed by atoms with Crippen LogP contribution in [0.25, 0.3) is 62.9 Å². The Morgan fingerprint density at radius 2 is 1.15 bits per heavy atom. The van der Waals surface area contributed by atoms with E-state index in [2.05, 4.69) is 45.7 Å². The minimum Gasteiger partial charge on any atom is -0.267 e. The van der Waals surface area contributed by atoms with E-state index in [0.717, 1.165) is 62.3 Å². The smallest absolute Gasteiger partial charge is 0.267 e. The van der Waals surface area contributed by atoms with Gasteiger partial charge in [0.15, 0.2) is 0 Å². The molecule has 7 heterocycles. The number of pyridine rings is 2. The highest BCUT2D eigenvalue weighted by Crippen LogP contribution is 2.45. The number of benzene rings is 1. The highest BCUT2D eigenvalue weighted by molar-refractivity contribution is 9.11. The summed E-state index contributed by atoms with van der Waals surface area (Å²) in [6.45, 7) is 4.14. The van der Waals surface area contributed by atoms with Crippen LogP contribution in [0, 0.1) is 13.8 Å². The summed E-state index contributed by atoms with van der Waals surface area (Å²) in [7, 11) is 0. The predicted octanol–water partition coefficient (Wildman–Crippen LogP) is 6.67. The number of imidazole rings is 2. The van der Waals surface area contributed by atoms with Gasteiger partial charge >= 0.3 is 0 Å². The average molecular weight is 616 g/mol. The zero-order chi connectivity index (χ0) is 22.5. The number of nitrogens with zero attached hydrogens (tertiary/aromatic N) is 4. The number of aryl methyl sites for hydroxylation is 2. The average Bonchev–Trinajstić information content (AvgIpc) is 3.57. The molecule has 0 aliphatic rings. The number of rotatable bonds is 0. The van der Waals surface area contributed by atoms with Crippen molar-refractivity contribution < 1.29 is 0 Å². The molecule has 0 amide bonds. The Hall–Kier alpha value is -2.18. The van der Waals surface area contributed by atoms with Gasteiger partial charge in [0, 0.05) is 32.3 Å². The third-order valence-electron chi connectivity index (χ3n) is 6.65. The predicted molar refractivity (Wildman–Crippen MR) is 145 cm³/mol. The fourth-order valence-electron chi connectivity index (χ4n) is 5.16. The maximum absolute atomic E-state index is 13.8. The van der Waals surface area contributed by atoms with Crippen LogP contribution >= 0.6 is 65.9 Å². The number of hydrogen-bond acceptors (Lipinski definition) is 7. The van der Waals surface area contributed by atoms with Crippen molar-refractivity contribution in [2.24, 2.45) is 0 Å². The van der Waals surface area contributed by atoms with Crippen molar-refractivity contribution in [2.45, 2.75) is 13.8 Å². The van der Waals surface area contributed by atoms with Gasteiger partial charge in [-0.2, -0.15) is 0 Å². The zero-order valence-corrected chi connectivity index (χ0v) is 22.4. The fourth-order valence-corrected chi connectivity index (χ4v) is 9.45. The number of thiophene rings is 3. The SMILES string of the molecule is Cc1c(C)c2c3c(sc4c(=O)n5c(nc6scc(Br)c65)c1c43)c(=O)n1c2nc2scc(Br)c21. The summed E-state index contributed by atoms with van der Waals surface area (Å²) in [6.07, 6.45) is 0. The third-order valence-corrected chi connectivity index (χ3v) is 11.4. The van der Waals surface area contributed by atoms with Crippen LogP contribution in [0.5, 0.6) is 0 Å². The van der Waals surface area contributed by atoms with Gasteiger partial charge in [-0.05, 0) is 56.8 Å². The molecule has 33 heavy (non-hydrogen) atoms. The van der Waals surface area contributed by atoms with Gasteiger partial charge in [-0.15, -0.1) is 34.0 Å². The number of halogens is 2. The summed E-state index contributed by atoms with van der Waals surface area (Å²) in [5.74, 6) is 0. The van der Waals surface area contributed by atoms with Gasteiger partial charge in [0.1, 0.15) is 41.4 Å². The number of fused-ring (bicyclic) bond motifs is 8. The van der Waals surface area contributed by atoms with Crippen molar-refractivity contribution in [3.05, 3.63) is 51.5 Å². The van der Waals surface area contributed by atoms with E-state index in [1.54, 1.807) is 8.80 Å². The molecule has 0 aliphatic carbocycles. The van der Waals surface area contributed by atoms with Gasteiger partial charge in [-0.3, -0.25) is 18.4 Å². The molecule has 160 valence electrons. The number of aromatic nitrogens is 4. The third kappa shape index (κ3) is 1.99. The molecule has 0 aliphatic heterocycles. The fraction of sp³-hybridized carbons (Fsp3) is 0.0909. The van der Waals surface area contributed by atoms with Crippen LogP contribution in [0.3, 0.4) is 0 Å². The van der Waals surface area contributed by atoms with E-state index in [4.69, 9.17) is 9.97 Å². The van der Waals surface area contributed by atoms with E-state index in [1.807, 2.05) is 10.8 Å². The van der Waals surface area contributed by atoms with E-state index in [-0.39, 0.29) is 11.1 Å². The second-order valence-electron chi connectivity index (χ2n) is 8.14. The molecule has 0 bridgehead atoms. The highest BCUT2D eigenvalue weighted by Gasteiger charge is 2.28. The van der Waals surface area contributed by atoms with Gasteiger partial charge in [-0.1, -0.05) is 0 Å². The topological polar surface area (TPSA) is 68.7 Å². The Kier molecular flexibility index (Phi) is 3.42. The molecule has 8 rings (SSSR count). The molecular weight excluding hydrogens is 608 g/mol. The van der Waals surface area contributed by atoms with Crippen LogP contribution in [0.15, 0.2) is 29.3 Å². The van der Waals surface area contributed by atoms with E-state index < -0.39 is 0 Å². The Labute approximate surface area is 211 Å². The second-order valence-corrected chi connectivity index (χ2v) is 12.6. The van der Waals surface area contributed by atoms with Crippen LogP contribution in [0.1, 0.15) is 11.1 Å². The quantitative estimate of drug-likeness (QED) is 0.179. The monoisotopic (exact) mass is 614 g/mol. The molecule has 0 unspecified atom stereocenters. The van der Waals surface area contributed by atoms with Gasteiger partial charge in [0.25, 0.3) is 11.1 Å². The van der Waals surface area contributed by atoms with Gasteiger partial charge < -0.3 is 0 Å². The maximum atomic E-state index is 13.8. The van der Waals surface area contributed by atoms with Gasteiger partial charge in [-0.25, -0.2) is 9.97 Å². The van der Waals surface area contributed by atoms with Crippen LogP contribution < -0.4 is 11.1 Å². The van der Waals surface area contributed by atoms with Crippen LogP contribution in [-0.4, -0.2) is 18.8 Å². The zero-order valence-electron chi connectivity index (χ0n) is 16.7. The lowest BCUT2D eigenvalue weighted by Gasteiger charge is -2.12. The van der Waals surface area contributed by atoms with Crippen LogP contribution in [-0.2, 0) is 0 Å². The molecule has 0 fully saturated rings. The Balaban J connectivity index is 1.80. The van der Waals surface area contributed by atoms with Crippen molar-refractivity contribution >= 4 is 129 Å². The summed E-state index contributed by atoms with van der Waals surface area (Å²) in [6, 6.07) is 0. The Morgan fingerprint density at radius 3 is 1.58 bits per heavy atom. The summed E-state index contributed by atoms with van der Waals surface area (Å²) in [5, 5.41) is 7.45. The Morgan fingerprint density at radius 1 is 0.727 bits per heavy atom. The molecule has 0 saturated carbocycles. The first-order valence-corrected chi connectivity index (χ1v) is 14.0. The van der Waals surface area contributed by atoms with E-state index in [1.165, 1.54) is 34.0 Å². The van der Waals surface area contributed by atoms with Crippen molar-refractivity contribution in [3.8, 4) is 0 Å². The van der Waals surface area contributed by atoms with E-state index in [0.29, 0.717) is 20.7 Å². The lowest BCUT2D eigenvalue weighted by atomic mass is 9.94. The first-order chi connectivity index (χ1) is 15.9. The second kappa shape index (κ2) is 5.89. The molecular formula is C22H8Br2N4O2S3. The van der Waals surface area contributed by atoms with Crippen molar-refractivity contribution in [2.75, 3.05) is 0 Å². The molecule has 0 saturated heterocycles. The minimum atomic E-state index is -0.135. The number of hydrogen-bond donors (Lipinski definition) is 0. The summed E-state index contributed by atoms with van der Waals surface area (Å²) >= 11 is 11.5. The molecule has 0 N–H and O–H groups in total. The van der Waals surface area contributed by atoms with E-state index >= 15 is 0 Å². The summed E-state index contributed by atoms with van der Waals surface area (Å²) in [5.41, 5.74) is 4.70. The Bertz CT molecular complexity index is 2130. The first-order valence-electron chi connectivity index (χ1n) is 9.89. The highest BCUT2D eigenvalue weighted by atomic mass is 79.9. The van der Waals surface area contributed by atoms with Crippen molar-refractivity contribution in [1.29, 1.82) is 0 Å². The maximum Gasteiger partial charge on any atom is 0.274 e. The molecule has 0 atom stereocenters. The first kappa shape index (κ1) is 19.2. The molecule has 0 radical (unpaired) electrons. The molecule has 6 nitrogen and oxygen atoms in total. The molecule has 8 aromatic rings. The lowest BCUT2D eigenvalue weighted by Crippen LogP contribution is -2.13. The molecule has 11 heteroatoms. The van der Waals surface area contributed by atoms with E-state index in [9.17, 15) is 9.59 Å². The van der Waals surface area contributed by atoms with Crippen molar-refractivity contribution in [3.63, 3.8) is 0 Å². The molecule has 1 aromatic carbocycles. The normalized spacial score (nSPS) is 13.1. The largest absolute Gasteiger partial charge is 0.274 e. The summed E-state index contributed by atoms with van der Waals surface area (Å²) in [4.78, 5) is 39.0. The summed E-state index contributed by atoms with van der Waals surface area (Å²) < 4.78 is 6.28. The van der Waals surface area contributed by atoms with Crippen LogP contribution in [0.4, 0.5) is 0 Å². The van der Waals surface area contributed by atoms with Crippen LogP contribution in [0.2, 0.25) is 0 Å². The minimum absolute atomic E-state index is 0.135.